The second-order valence-corrected chi connectivity index (χ2v) is 13.0. The topological polar surface area (TPSA) is 151 Å². The molecule has 3 N–H and O–H groups in total. The molecule has 3 aromatic heterocycles. The Labute approximate surface area is 246 Å². The molecule has 0 fully saturated rings. The van der Waals surface area contributed by atoms with Crippen molar-refractivity contribution in [2.45, 2.75) is 73.1 Å². The second-order valence-electron chi connectivity index (χ2n) is 10.8. The molecule has 0 radical (unpaired) electrons. The van der Waals surface area contributed by atoms with Gasteiger partial charge in [0.2, 0.25) is 0 Å². The van der Waals surface area contributed by atoms with E-state index in [4.69, 9.17) is 19.9 Å². The predicted molar refractivity (Wildman–Crippen MR) is 158 cm³/mol. The molecule has 2 aliphatic rings. The summed E-state index contributed by atoms with van der Waals surface area (Å²) in [5.74, 6) is -0.697. The van der Waals surface area contributed by atoms with Gasteiger partial charge in [0.1, 0.15) is 9.83 Å². The van der Waals surface area contributed by atoms with Crippen LogP contribution in [0, 0.1) is 10.8 Å². The molecular formula is C29H37N3O7S2. The van der Waals surface area contributed by atoms with Crippen LogP contribution in [-0.2, 0) is 49.5 Å². The van der Waals surface area contributed by atoms with E-state index in [1.54, 1.807) is 13.8 Å². The van der Waals surface area contributed by atoms with E-state index in [9.17, 15) is 19.2 Å². The molecule has 10 nitrogen and oxygen atoms in total. The maximum Gasteiger partial charge on any atom is 0.341 e. The Bertz CT molecular complexity index is 1520. The van der Waals surface area contributed by atoms with Crippen molar-refractivity contribution in [1.82, 2.24) is 9.97 Å². The lowest BCUT2D eigenvalue weighted by Crippen LogP contribution is -2.35. The summed E-state index contributed by atoms with van der Waals surface area (Å²) in [6.45, 7) is 10.3. The van der Waals surface area contributed by atoms with Crippen LogP contribution in [0.3, 0.4) is 0 Å². The van der Waals surface area contributed by atoms with E-state index in [0.29, 0.717) is 67.9 Å². The highest BCUT2D eigenvalue weighted by Gasteiger charge is 2.42. The number of anilines is 1. The number of hydrogen-bond acceptors (Lipinski definition) is 11. The highest BCUT2D eigenvalue weighted by molar-refractivity contribution is 7.18. The Morgan fingerprint density at radius 1 is 0.902 bits per heavy atom. The van der Waals surface area contributed by atoms with Crippen molar-refractivity contribution in [3.8, 4) is 0 Å². The minimum Gasteiger partial charge on any atom is -0.466 e. The fraction of sp³-hybridized carbons (Fsp3) is 0.552. The summed E-state index contributed by atoms with van der Waals surface area (Å²) >= 11 is 2.89. The fourth-order valence-electron chi connectivity index (χ4n) is 5.47. The third kappa shape index (κ3) is 6.04. The first-order valence-electron chi connectivity index (χ1n) is 13.9. The van der Waals surface area contributed by atoms with Gasteiger partial charge in [-0.1, -0.05) is 0 Å². The lowest BCUT2D eigenvalue weighted by molar-refractivity contribution is -0.155. The van der Waals surface area contributed by atoms with E-state index in [2.05, 4.69) is 9.97 Å². The van der Waals surface area contributed by atoms with Crippen LogP contribution in [-0.4, -0.2) is 47.7 Å². The number of aromatic amines is 1. The minimum absolute atomic E-state index is 0.0905. The quantitative estimate of drug-likeness (QED) is 0.304. The van der Waals surface area contributed by atoms with Gasteiger partial charge in [-0.15, -0.1) is 22.7 Å². The molecular weight excluding hydrogens is 566 g/mol. The van der Waals surface area contributed by atoms with E-state index in [0.717, 1.165) is 32.1 Å². The van der Waals surface area contributed by atoms with Gasteiger partial charge in [-0.2, -0.15) is 0 Å². The number of aryl methyl sites for hydroxylation is 1. The van der Waals surface area contributed by atoms with Gasteiger partial charge >= 0.3 is 17.9 Å². The molecule has 222 valence electrons. The molecule has 0 saturated heterocycles. The maximum absolute atomic E-state index is 12.1. The standard InChI is InChI=1S/C15H21NO4S.C14H16N2O3S/c1-4-19-13(17)11-9-6-7-15(3,14(18)20-5-2)8-10(9)21-12(11)16;1-3-19-13(18)14(2)5-4-8-9(6-14)20-12-10(8)11(17)15-7-16-12/h4-8,16H2,1-3H3;7H,3-6H2,1-2H3,(H,15,16,17). The number of nitrogens with zero attached hydrogens (tertiary/aromatic N) is 1. The van der Waals surface area contributed by atoms with Gasteiger partial charge in [-0.05, 0) is 84.3 Å². The number of esters is 3. The van der Waals surface area contributed by atoms with Gasteiger partial charge in [0.15, 0.2) is 0 Å². The minimum atomic E-state index is -0.535. The van der Waals surface area contributed by atoms with Crippen LogP contribution in [0.5, 0.6) is 0 Å². The number of nitrogens with one attached hydrogen (secondary N) is 1. The Hall–Kier alpha value is -3.25. The SMILES string of the molecule is CCOC(=O)C1(C)CCc2c(sc3nc[nH]c(=O)c23)C1.CCOC(=O)c1c(N)sc2c1CCC(C)(C(=O)OCC)C2. The molecule has 3 heterocycles. The first-order chi connectivity index (χ1) is 19.5. The Morgan fingerprint density at radius 3 is 2.00 bits per heavy atom. The normalized spacial score (nSPS) is 21.2. The first-order valence-corrected chi connectivity index (χ1v) is 15.5. The second kappa shape index (κ2) is 12.3. The van der Waals surface area contributed by atoms with Crippen LogP contribution in [0.2, 0.25) is 0 Å². The van der Waals surface area contributed by atoms with Gasteiger partial charge in [-0.25, -0.2) is 9.78 Å². The van der Waals surface area contributed by atoms with E-state index in [1.165, 1.54) is 29.0 Å². The summed E-state index contributed by atoms with van der Waals surface area (Å²) in [4.78, 5) is 57.9. The van der Waals surface area contributed by atoms with Gasteiger partial charge in [0, 0.05) is 9.75 Å². The smallest absolute Gasteiger partial charge is 0.341 e. The molecule has 2 unspecified atom stereocenters. The monoisotopic (exact) mass is 603 g/mol. The Morgan fingerprint density at radius 2 is 1.44 bits per heavy atom. The Balaban J connectivity index is 0.000000189. The molecule has 0 spiro atoms. The molecule has 2 aliphatic carbocycles. The van der Waals surface area contributed by atoms with Gasteiger partial charge < -0.3 is 24.9 Å². The average molecular weight is 604 g/mol. The number of carbonyl (C=O) groups excluding carboxylic acids is 3. The fourth-order valence-corrected chi connectivity index (χ4v) is 8.13. The van der Waals surface area contributed by atoms with Gasteiger partial charge in [0.05, 0.1) is 47.9 Å². The van der Waals surface area contributed by atoms with Crippen molar-refractivity contribution in [3.63, 3.8) is 0 Å². The number of carbonyl (C=O) groups is 3. The third-order valence-electron chi connectivity index (χ3n) is 7.77. The molecule has 3 aromatic rings. The number of thiophene rings is 2. The van der Waals surface area contributed by atoms with E-state index in [-0.39, 0.29) is 23.5 Å². The molecule has 0 aliphatic heterocycles. The number of ether oxygens (including phenoxy) is 3. The molecule has 41 heavy (non-hydrogen) atoms. The summed E-state index contributed by atoms with van der Waals surface area (Å²) in [6.07, 6.45) is 5.35. The zero-order valence-corrected chi connectivity index (χ0v) is 25.8. The molecule has 0 aromatic carbocycles. The number of rotatable bonds is 6. The summed E-state index contributed by atoms with van der Waals surface area (Å²) < 4.78 is 15.4. The van der Waals surface area contributed by atoms with Crippen LogP contribution < -0.4 is 11.3 Å². The molecule has 5 rings (SSSR count). The van der Waals surface area contributed by atoms with Crippen LogP contribution in [0.4, 0.5) is 5.00 Å². The van der Waals surface area contributed by atoms with E-state index < -0.39 is 10.8 Å². The Kier molecular flexibility index (Phi) is 9.22. The number of fused-ring (bicyclic) bond motifs is 4. The van der Waals surface area contributed by atoms with Crippen molar-refractivity contribution >= 4 is 55.8 Å². The van der Waals surface area contributed by atoms with Crippen molar-refractivity contribution < 1.29 is 28.6 Å². The van der Waals surface area contributed by atoms with E-state index >= 15 is 0 Å². The average Bonchev–Trinajstić information content (AvgIpc) is 3.45. The van der Waals surface area contributed by atoms with Crippen LogP contribution >= 0.6 is 22.7 Å². The summed E-state index contributed by atoms with van der Waals surface area (Å²) in [5, 5.41) is 1.17. The summed E-state index contributed by atoms with van der Waals surface area (Å²) in [7, 11) is 0. The van der Waals surface area contributed by atoms with Crippen LogP contribution in [0.15, 0.2) is 11.1 Å². The zero-order chi connectivity index (χ0) is 29.9. The number of aromatic nitrogens is 2. The highest BCUT2D eigenvalue weighted by Crippen LogP contribution is 2.44. The van der Waals surface area contributed by atoms with Crippen LogP contribution in [0.1, 0.15) is 78.7 Å². The number of hydrogen-bond donors (Lipinski definition) is 2. The molecule has 12 heteroatoms. The number of nitrogen functional groups attached to an aromatic ring is 1. The van der Waals surface area contributed by atoms with E-state index in [1.807, 2.05) is 20.8 Å². The summed E-state index contributed by atoms with van der Waals surface area (Å²) in [6, 6.07) is 0. The maximum atomic E-state index is 12.1. The third-order valence-corrected chi connectivity index (χ3v) is 9.97. The van der Waals surface area contributed by atoms with Crippen molar-refractivity contribution in [2.75, 3.05) is 25.6 Å². The lowest BCUT2D eigenvalue weighted by Gasteiger charge is -2.31. The predicted octanol–water partition coefficient (Wildman–Crippen LogP) is 4.61. The molecule has 0 bridgehead atoms. The van der Waals surface area contributed by atoms with Crippen molar-refractivity contribution in [1.29, 1.82) is 0 Å². The molecule has 0 saturated carbocycles. The van der Waals surface area contributed by atoms with Crippen LogP contribution in [0.25, 0.3) is 10.2 Å². The molecule has 2 atom stereocenters. The zero-order valence-electron chi connectivity index (χ0n) is 24.1. The highest BCUT2D eigenvalue weighted by atomic mass is 32.1. The lowest BCUT2D eigenvalue weighted by atomic mass is 9.75. The van der Waals surface area contributed by atoms with Gasteiger partial charge in [-0.3, -0.25) is 14.4 Å². The summed E-state index contributed by atoms with van der Waals surface area (Å²) in [5.41, 5.74) is 7.35. The number of nitrogens with two attached hydrogens (primary N) is 1. The van der Waals surface area contributed by atoms with Gasteiger partial charge in [0.25, 0.3) is 5.56 Å². The van der Waals surface area contributed by atoms with Crippen molar-refractivity contribution in [3.05, 3.63) is 43.1 Å². The largest absolute Gasteiger partial charge is 0.466 e. The first kappa shape index (κ1) is 30.7. The molecule has 0 amide bonds. The number of H-pyrrole nitrogens is 1. The van der Waals surface area contributed by atoms with Crippen molar-refractivity contribution in [2.24, 2.45) is 10.8 Å².